The third kappa shape index (κ3) is 5.04. The smallest absolute Gasteiger partial charge is 0.341 e. The summed E-state index contributed by atoms with van der Waals surface area (Å²) in [5.74, 6) is -1.34. The van der Waals surface area contributed by atoms with Gasteiger partial charge in [-0.3, -0.25) is 4.79 Å². The zero-order valence-electron chi connectivity index (χ0n) is 16.2. The molecule has 1 aromatic carbocycles. The predicted molar refractivity (Wildman–Crippen MR) is 106 cm³/mol. The largest absolute Gasteiger partial charge is 0.472 e. The second kappa shape index (κ2) is 9.23. The first kappa shape index (κ1) is 21.1. The molecule has 9 heteroatoms. The number of amides is 1. The Hall–Kier alpha value is -2.65. The fourth-order valence-corrected chi connectivity index (χ4v) is 4.93. The van der Waals surface area contributed by atoms with Crippen LogP contribution in [0, 0.1) is 0 Å². The first-order valence-corrected chi connectivity index (χ1v) is 10.9. The minimum absolute atomic E-state index is 0.0163. The molecule has 0 bridgehead atoms. The van der Waals surface area contributed by atoms with Gasteiger partial charge in [-0.25, -0.2) is 13.2 Å². The van der Waals surface area contributed by atoms with Crippen LogP contribution in [0.15, 0.2) is 52.2 Å². The minimum Gasteiger partial charge on any atom is -0.472 e. The first-order valence-electron chi connectivity index (χ1n) is 9.46. The predicted octanol–water partition coefficient (Wildman–Crippen LogP) is 3.03. The molecule has 0 radical (unpaired) electrons. The van der Waals surface area contributed by atoms with Crippen LogP contribution in [0.1, 0.15) is 42.5 Å². The lowest BCUT2D eigenvalue weighted by Gasteiger charge is -2.30. The van der Waals surface area contributed by atoms with Crippen molar-refractivity contribution >= 4 is 27.6 Å². The van der Waals surface area contributed by atoms with Gasteiger partial charge in [0.2, 0.25) is 10.0 Å². The first-order chi connectivity index (χ1) is 13.9. The van der Waals surface area contributed by atoms with Gasteiger partial charge < -0.3 is 14.5 Å². The molecule has 8 nitrogen and oxygen atoms in total. The van der Waals surface area contributed by atoms with E-state index in [4.69, 9.17) is 9.15 Å². The van der Waals surface area contributed by atoms with E-state index < -0.39 is 28.5 Å². The number of nitrogens with one attached hydrogen (secondary N) is 1. The molecular weight excluding hydrogens is 396 g/mol. The summed E-state index contributed by atoms with van der Waals surface area (Å²) in [6, 6.07) is 7.58. The summed E-state index contributed by atoms with van der Waals surface area (Å²) in [6.45, 7) is -0.545. The lowest BCUT2D eigenvalue weighted by atomic mass is 9.96. The molecule has 0 atom stereocenters. The molecule has 29 heavy (non-hydrogen) atoms. The second-order valence-electron chi connectivity index (χ2n) is 6.95. The van der Waals surface area contributed by atoms with Gasteiger partial charge in [-0.05, 0) is 31.0 Å². The van der Waals surface area contributed by atoms with Crippen LogP contribution in [0.3, 0.4) is 0 Å². The molecule has 2 aromatic rings. The van der Waals surface area contributed by atoms with Gasteiger partial charge in [-0.1, -0.05) is 31.4 Å². The quantitative estimate of drug-likeness (QED) is 0.690. The van der Waals surface area contributed by atoms with Crippen LogP contribution in [0.4, 0.5) is 5.69 Å². The maximum absolute atomic E-state index is 13.1. The maximum Gasteiger partial charge on any atom is 0.341 e. The van der Waals surface area contributed by atoms with Crippen molar-refractivity contribution in [3.8, 4) is 0 Å². The van der Waals surface area contributed by atoms with Gasteiger partial charge in [-0.15, -0.1) is 0 Å². The van der Waals surface area contributed by atoms with Crippen molar-refractivity contribution in [3.05, 3.63) is 48.4 Å². The maximum atomic E-state index is 13.1. The van der Waals surface area contributed by atoms with Crippen LogP contribution < -0.4 is 5.32 Å². The number of anilines is 1. The molecule has 1 aliphatic carbocycles. The SMILES string of the molecule is CN(C1CCCCC1)S(=O)(=O)c1ccccc1NC(=O)COC(=O)c1ccoc1. The summed E-state index contributed by atoms with van der Waals surface area (Å²) in [5.41, 5.74) is 0.342. The number of sulfonamides is 1. The van der Waals surface area contributed by atoms with Crippen molar-refractivity contribution in [1.29, 1.82) is 0 Å². The number of rotatable bonds is 7. The number of ether oxygens (including phenoxy) is 1. The van der Waals surface area contributed by atoms with Crippen molar-refractivity contribution in [2.24, 2.45) is 0 Å². The van der Waals surface area contributed by atoms with Crippen molar-refractivity contribution < 1.29 is 27.2 Å². The summed E-state index contributed by atoms with van der Waals surface area (Å²) < 4.78 is 37.4. The molecule has 1 aromatic heterocycles. The van der Waals surface area contributed by atoms with E-state index in [1.807, 2.05) is 0 Å². The summed E-state index contributed by atoms with van der Waals surface area (Å²) in [5, 5.41) is 2.53. The second-order valence-corrected chi connectivity index (χ2v) is 8.91. The third-order valence-electron chi connectivity index (χ3n) is 5.00. The fraction of sp³-hybridized carbons (Fsp3) is 0.400. The number of benzene rings is 1. The normalized spacial score (nSPS) is 15.2. The van der Waals surface area contributed by atoms with E-state index in [9.17, 15) is 18.0 Å². The summed E-state index contributed by atoms with van der Waals surface area (Å²) in [6.07, 6.45) is 7.32. The van der Waals surface area contributed by atoms with E-state index >= 15 is 0 Å². The van der Waals surface area contributed by atoms with E-state index in [0.717, 1.165) is 32.1 Å². The van der Waals surface area contributed by atoms with E-state index in [0.29, 0.717) is 0 Å². The van der Waals surface area contributed by atoms with Crippen molar-refractivity contribution in [3.63, 3.8) is 0 Å². The number of esters is 1. The molecule has 1 N–H and O–H groups in total. The topological polar surface area (TPSA) is 106 Å². The van der Waals surface area contributed by atoms with Gasteiger partial charge in [-0.2, -0.15) is 4.31 Å². The van der Waals surface area contributed by atoms with Crippen molar-refractivity contribution in [2.45, 2.75) is 43.0 Å². The van der Waals surface area contributed by atoms with E-state index in [-0.39, 0.29) is 22.2 Å². The van der Waals surface area contributed by atoms with Crippen LogP contribution in [0.25, 0.3) is 0 Å². The fourth-order valence-electron chi connectivity index (χ4n) is 3.37. The van der Waals surface area contributed by atoms with Gasteiger partial charge in [0.25, 0.3) is 5.91 Å². The van der Waals surface area contributed by atoms with Gasteiger partial charge >= 0.3 is 5.97 Å². The summed E-state index contributed by atoms with van der Waals surface area (Å²) >= 11 is 0. The molecule has 1 saturated carbocycles. The molecular formula is C20H24N2O6S. The van der Waals surface area contributed by atoms with Crippen LogP contribution in [0.5, 0.6) is 0 Å². The molecule has 1 heterocycles. The number of furan rings is 1. The van der Waals surface area contributed by atoms with Crippen LogP contribution in [-0.2, 0) is 19.6 Å². The Morgan fingerprint density at radius 2 is 1.90 bits per heavy atom. The Kier molecular flexibility index (Phi) is 6.71. The molecule has 0 unspecified atom stereocenters. The minimum atomic E-state index is -3.78. The van der Waals surface area contributed by atoms with E-state index in [1.54, 1.807) is 19.2 Å². The lowest BCUT2D eigenvalue weighted by Crippen LogP contribution is -2.38. The average Bonchev–Trinajstić information content (AvgIpc) is 3.27. The third-order valence-corrected chi connectivity index (χ3v) is 6.97. The zero-order valence-corrected chi connectivity index (χ0v) is 17.0. The number of carbonyl (C=O) groups excluding carboxylic acids is 2. The highest BCUT2D eigenvalue weighted by Gasteiger charge is 2.31. The number of carbonyl (C=O) groups is 2. The van der Waals surface area contributed by atoms with Crippen LogP contribution >= 0.6 is 0 Å². The standard InChI is InChI=1S/C20H24N2O6S/c1-22(16-7-3-2-4-8-16)29(25,26)18-10-6-5-9-17(18)21-19(23)14-28-20(24)15-11-12-27-13-15/h5-6,9-13,16H,2-4,7-8,14H2,1H3,(H,21,23). The molecule has 1 fully saturated rings. The van der Waals surface area contributed by atoms with Gasteiger partial charge in [0.15, 0.2) is 6.61 Å². The van der Waals surface area contributed by atoms with Gasteiger partial charge in [0.05, 0.1) is 17.5 Å². The Morgan fingerprint density at radius 3 is 2.59 bits per heavy atom. The number of nitrogens with zero attached hydrogens (tertiary/aromatic N) is 1. The summed E-state index contributed by atoms with van der Waals surface area (Å²) in [4.78, 5) is 24.0. The van der Waals surface area contributed by atoms with Crippen molar-refractivity contribution in [2.75, 3.05) is 19.0 Å². The summed E-state index contributed by atoms with van der Waals surface area (Å²) in [7, 11) is -2.20. The van der Waals surface area contributed by atoms with E-state index in [1.165, 1.54) is 35.0 Å². The average molecular weight is 420 g/mol. The molecule has 156 valence electrons. The Labute approximate surface area is 169 Å². The molecule has 0 spiro atoms. The Morgan fingerprint density at radius 1 is 1.17 bits per heavy atom. The molecule has 1 amide bonds. The zero-order chi connectivity index (χ0) is 20.9. The number of para-hydroxylation sites is 1. The Balaban J connectivity index is 1.69. The van der Waals surface area contributed by atoms with Crippen molar-refractivity contribution in [1.82, 2.24) is 4.31 Å². The highest BCUT2D eigenvalue weighted by Crippen LogP contribution is 2.29. The molecule has 3 rings (SSSR count). The van der Waals surface area contributed by atoms with Crippen LogP contribution in [-0.4, -0.2) is 44.3 Å². The molecule has 1 aliphatic rings. The number of hydrogen-bond donors (Lipinski definition) is 1. The van der Waals surface area contributed by atoms with E-state index in [2.05, 4.69) is 5.32 Å². The van der Waals surface area contributed by atoms with Crippen LogP contribution in [0.2, 0.25) is 0 Å². The Bertz CT molecular complexity index is 949. The highest BCUT2D eigenvalue weighted by molar-refractivity contribution is 7.89. The lowest BCUT2D eigenvalue weighted by molar-refractivity contribution is -0.119. The monoisotopic (exact) mass is 420 g/mol. The molecule has 0 aliphatic heterocycles. The highest BCUT2D eigenvalue weighted by atomic mass is 32.2. The van der Waals surface area contributed by atoms with Gasteiger partial charge in [0, 0.05) is 13.1 Å². The number of hydrogen-bond acceptors (Lipinski definition) is 6. The van der Waals surface area contributed by atoms with Gasteiger partial charge in [0.1, 0.15) is 11.2 Å². The molecule has 0 saturated heterocycles.